The maximum Gasteiger partial charge on any atom is 0.157 e. The lowest BCUT2D eigenvalue weighted by molar-refractivity contribution is 0.275. The molecule has 0 saturated heterocycles. The van der Waals surface area contributed by atoms with Gasteiger partial charge in [-0.25, -0.2) is 0 Å². The first kappa shape index (κ1) is 14.8. The molecule has 0 saturated carbocycles. The number of nitrogens with one attached hydrogen (secondary N) is 1. The molecule has 1 aromatic rings. The van der Waals surface area contributed by atoms with Crippen LogP contribution < -0.4 is 5.32 Å². The van der Waals surface area contributed by atoms with Gasteiger partial charge in [-0.2, -0.15) is 0 Å². The molecule has 3 nitrogen and oxygen atoms in total. The van der Waals surface area contributed by atoms with Gasteiger partial charge < -0.3 is 15.5 Å². The standard InChI is InChI=1S/C15H25NO2/c1-10(2)13(11(3)4)9-16-8-12-5-6-14(17)15(18)7-12/h5-7,10-11,13,16-18H,8-9H2,1-4H3. The first-order chi connectivity index (χ1) is 8.41. The molecule has 18 heavy (non-hydrogen) atoms. The number of hydrogen-bond donors (Lipinski definition) is 3. The Balaban J connectivity index is 2.47. The third kappa shape index (κ3) is 4.22. The Hall–Kier alpha value is -1.22. The molecule has 0 atom stereocenters. The molecule has 102 valence electrons. The second-order valence-corrected chi connectivity index (χ2v) is 5.61. The lowest BCUT2D eigenvalue weighted by Gasteiger charge is -2.25. The van der Waals surface area contributed by atoms with Gasteiger partial charge in [-0.15, -0.1) is 0 Å². The van der Waals surface area contributed by atoms with Gasteiger partial charge in [0.15, 0.2) is 11.5 Å². The summed E-state index contributed by atoms with van der Waals surface area (Å²) in [6.07, 6.45) is 0. The zero-order chi connectivity index (χ0) is 13.7. The van der Waals surface area contributed by atoms with Crippen molar-refractivity contribution in [2.24, 2.45) is 17.8 Å². The Kier molecular flexibility index (Phi) is 5.48. The molecule has 0 aromatic heterocycles. The minimum Gasteiger partial charge on any atom is -0.504 e. The minimum atomic E-state index is -0.0685. The first-order valence-electron chi connectivity index (χ1n) is 6.63. The third-order valence-corrected chi connectivity index (χ3v) is 3.46. The zero-order valence-corrected chi connectivity index (χ0v) is 11.8. The lowest BCUT2D eigenvalue weighted by atomic mass is 9.85. The number of aromatic hydroxyl groups is 2. The van der Waals surface area contributed by atoms with E-state index in [4.69, 9.17) is 0 Å². The summed E-state index contributed by atoms with van der Waals surface area (Å²) in [5, 5.41) is 22.1. The van der Waals surface area contributed by atoms with Crippen molar-refractivity contribution in [2.75, 3.05) is 6.54 Å². The molecule has 0 bridgehead atoms. The molecule has 3 heteroatoms. The maximum atomic E-state index is 9.41. The third-order valence-electron chi connectivity index (χ3n) is 3.46. The lowest BCUT2D eigenvalue weighted by Crippen LogP contribution is -2.29. The van der Waals surface area contributed by atoms with Crippen LogP contribution in [0.5, 0.6) is 11.5 Å². The minimum absolute atomic E-state index is 0.0569. The van der Waals surface area contributed by atoms with Crippen molar-refractivity contribution in [1.29, 1.82) is 0 Å². The summed E-state index contributed by atoms with van der Waals surface area (Å²) in [5.74, 6) is 1.84. The van der Waals surface area contributed by atoms with Gasteiger partial charge in [0.1, 0.15) is 0 Å². The van der Waals surface area contributed by atoms with Gasteiger partial charge in [0.25, 0.3) is 0 Å². The number of rotatable bonds is 6. The van der Waals surface area contributed by atoms with Crippen LogP contribution in [0.15, 0.2) is 18.2 Å². The molecule has 0 unspecified atom stereocenters. The number of hydrogen-bond acceptors (Lipinski definition) is 3. The highest BCUT2D eigenvalue weighted by molar-refractivity contribution is 5.40. The van der Waals surface area contributed by atoms with Crippen LogP contribution in [0.25, 0.3) is 0 Å². The average molecular weight is 251 g/mol. The Labute approximate surface area is 110 Å². The Morgan fingerprint density at radius 2 is 1.61 bits per heavy atom. The van der Waals surface area contributed by atoms with Crippen molar-refractivity contribution in [3.05, 3.63) is 23.8 Å². The van der Waals surface area contributed by atoms with E-state index in [2.05, 4.69) is 33.0 Å². The van der Waals surface area contributed by atoms with Crippen LogP contribution in [0, 0.1) is 17.8 Å². The first-order valence-corrected chi connectivity index (χ1v) is 6.63. The van der Waals surface area contributed by atoms with E-state index in [-0.39, 0.29) is 11.5 Å². The summed E-state index contributed by atoms with van der Waals surface area (Å²) >= 11 is 0. The van der Waals surface area contributed by atoms with E-state index in [9.17, 15) is 10.2 Å². The van der Waals surface area contributed by atoms with Crippen LogP contribution in [-0.2, 0) is 6.54 Å². The summed E-state index contributed by atoms with van der Waals surface area (Å²) in [4.78, 5) is 0. The Bertz CT molecular complexity index is 367. The fourth-order valence-corrected chi connectivity index (χ4v) is 2.30. The highest BCUT2D eigenvalue weighted by atomic mass is 16.3. The molecule has 1 rings (SSSR count). The fraction of sp³-hybridized carbons (Fsp3) is 0.600. The van der Waals surface area contributed by atoms with E-state index >= 15 is 0 Å². The van der Waals surface area contributed by atoms with Crippen LogP contribution in [0.4, 0.5) is 0 Å². The monoisotopic (exact) mass is 251 g/mol. The van der Waals surface area contributed by atoms with Crippen LogP contribution in [0.1, 0.15) is 33.3 Å². The molecule has 0 heterocycles. The van der Waals surface area contributed by atoms with E-state index in [1.54, 1.807) is 6.07 Å². The van der Waals surface area contributed by atoms with E-state index in [1.807, 2.05) is 6.07 Å². The van der Waals surface area contributed by atoms with Gasteiger partial charge >= 0.3 is 0 Å². The molecule has 0 spiro atoms. The molecule has 0 radical (unpaired) electrons. The van der Waals surface area contributed by atoms with Crippen molar-refractivity contribution >= 4 is 0 Å². The SMILES string of the molecule is CC(C)C(CNCc1ccc(O)c(O)c1)C(C)C. The van der Waals surface area contributed by atoms with Crippen LogP contribution in [0.2, 0.25) is 0 Å². The van der Waals surface area contributed by atoms with Crippen molar-refractivity contribution < 1.29 is 10.2 Å². The molecule has 1 aromatic carbocycles. The van der Waals surface area contributed by atoms with Crippen molar-refractivity contribution in [3.8, 4) is 11.5 Å². The van der Waals surface area contributed by atoms with Crippen LogP contribution in [0.3, 0.4) is 0 Å². The molecule has 0 amide bonds. The molecule has 0 aliphatic rings. The fourth-order valence-electron chi connectivity index (χ4n) is 2.30. The largest absolute Gasteiger partial charge is 0.504 e. The van der Waals surface area contributed by atoms with E-state index in [1.165, 1.54) is 6.07 Å². The summed E-state index contributed by atoms with van der Waals surface area (Å²) in [6, 6.07) is 4.94. The summed E-state index contributed by atoms with van der Waals surface area (Å²) in [7, 11) is 0. The second kappa shape index (κ2) is 6.64. The maximum absolute atomic E-state index is 9.41. The van der Waals surface area contributed by atoms with Gasteiger partial charge in [-0.3, -0.25) is 0 Å². The number of benzene rings is 1. The van der Waals surface area contributed by atoms with Crippen molar-refractivity contribution in [2.45, 2.75) is 34.2 Å². The highest BCUT2D eigenvalue weighted by Gasteiger charge is 2.16. The van der Waals surface area contributed by atoms with Gasteiger partial charge in [0, 0.05) is 6.54 Å². The molecular formula is C15H25NO2. The Morgan fingerprint density at radius 3 is 2.11 bits per heavy atom. The number of phenolic OH excluding ortho intramolecular Hbond substituents is 2. The number of phenols is 2. The summed E-state index contributed by atoms with van der Waals surface area (Å²) in [5.41, 5.74) is 0.983. The smallest absolute Gasteiger partial charge is 0.157 e. The highest BCUT2D eigenvalue weighted by Crippen LogP contribution is 2.25. The van der Waals surface area contributed by atoms with E-state index < -0.39 is 0 Å². The average Bonchev–Trinajstić information content (AvgIpc) is 2.28. The summed E-state index contributed by atoms with van der Waals surface area (Å²) < 4.78 is 0. The van der Waals surface area contributed by atoms with E-state index in [0.717, 1.165) is 12.1 Å². The molecule has 0 fully saturated rings. The van der Waals surface area contributed by atoms with Crippen LogP contribution in [-0.4, -0.2) is 16.8 Å². The van der Waals surface area contributed by atoms with Crippen molar-refractivity contribution in [3.63, 3.8) is 0 Å². The van der Waals surface area contributed by atoms with Gasteiger partial charge in [-0.1, -0.05) is 33.8 Å². The molecule has 3 N–H and O–H groups in total. The van der Waals surface area contributed by atoms with Crippen LogP contribution >= 0.6 is 0 Å². The predicted octanol–water partition coefficient (Wildman–Crippen LogP) is 3.12. The van der Waals surface area contributed by atoms with Gasteiger partial charge in [-0.05, 0) is 42.0 Å². The normalized spacial score (nSPS) is 11.7. The Morgan fingerprint density at radius 1 is 1.00 bits per heavy atom. The molecule has 0 aliphatic heterocycles. The van der Waals surface area contributed by atoms with Gasteiger partial charge in [0.2, 0.25) is 0 Å². The van der Waals surface area contributed by atoms with Crippen molar-refractivity contribution in [1.82, 2.24) is 5.32 Å². The zero-order valence-electron chi connectivity index (χ0n) is 11.8. The topological polar surface area (TPSA) is 52.5 Å². The quantitative estimate of drug-likeness (QED) is 0.681. The molecular weight excluding hydrogens is 226 g/mol. The predicted molar refractivity (Wildman–Crippen MR) is 74.6 cm³/mol. The van der Waals surface area contributed by atoms with Gasteiger partial charge in [0.05, 0.1) is 0 Å². The molecule has 0 aliphatic carbocycles. The second-order valence-electron chi connectivity index (χ2n) is 5.61. The van der Waals surface area contributed by atoms with E-state index in [0.29, 0.717) is 24.3 Å². The summed E-state index contributed by atoms with van der Waals surface area (Å²) in [6.45, 7) is 10.7.